The lowest BCUT2D eigenvalue weighted by Crippen LogP contribution is -2.30. The molecule has 2 aromatic heterocycles. The number of rotatable bonds is 7. The lowest BCUT2D eigenvalue weighted by molar-refractivity contribution is -0.147. The number of hydrogen-bond donors (Lipinski definition) is 0. The van der Waals surface area contributed by atoms with Gasteiger partial charge in [-0.3, -0.25) is 4.79 Å². The van der Waals surface area contributed by atoms with Crippen molar-refractivity contribution in [1.29, 1.82) is 0 Å². The Bertz CT molecular complexity index is 978. The van der Waals surface area contributed by atoms with Gasteiger partial charge in [0.2, 0.25) is 0 Å². The first-order chi connectivity index (χ1) is 13.5. The molecule has 28 heavy (non-hydrogen) atoms. The van der Waals surface area contributed by atoms with Gasteiger partial charge in [-0.05, 0) is 52.7 Å². The third kappa shape index (κ3) is 5.17. The van der Waals surface area contributed by atoms with E-state index in [0.717, 1.165) is 11.6 Å². The van der Waals surface area contributed by atoms with Crippen LogP contribution in [0.2, 0.25) is 0 Å². The molecule has 0 radical (unpaired) electrons. The molecule has 3 aromatic rings. The lowest BCUT2D eigenvalue weighted by atomic mass is 10.1. The van der Waals surface area contributed by atoms with Crippen molar-refractivity contribution in [3.63, 3.8) is 0 Å². The van der Waals surface area contributed by atoms with Crippen molar-refractivity contribution in [3.8, 4) is 11.3 Å². The van der Waals surface area contributed by atoms with Crippen LogP contribution in [0.15, 0.2) is 63.7 Å². The zero-order chi connectivity index (χ0) is 19.9. The summed E-state index contributed by atoms with van der Waals surface area (Å²) in [5.74, 6) is -0.627. The number of halogens is 1. The molecule has 0 spiro atoms. The highest BCUT2D eigenvalue weighted by molar-refractivity contribution is 7.07. The van der Waals surface area contributed by atoms with Crippen LogP contribution in [-0.4, -0.2) is 30.4 Å². The Labute approximate surface area is 165 Å². The highest BCUT2D eigenvalue weighted by Gasteiger charge is 2.12. The van der Waals surface area contributed by atoms with Crippen LogP contribution in [-0.2, 0) is 20.9 Å². The minimum absolute atomic E-state index is 0.298. The summed E-state index contributed by atoms with van der Waals surface area (Å²) in [6.07, 6.45) is 2.57. The normalized spacial score (nSPS) is 10.9. The fourth-order valence-electron chi connectivity index (χ4n) is 2.43. The molecule has 3 rings (SSSR count). The Kier molecular flexibility index (Phi) is 6.39. The maximum Gasteiger partial charge on any atom is 0.331 e. The molecule has 2 heterocycles. The number of likely N-dealkylation sites (N-methyl/N-ethyl adjacent to an activating group) is 1. The van der Waals surface area contributed by atoms with Gasteiger partial charge in [0.15, 0.2) is 6.61 Å². The number of carbonyl (C=O) groups is 2. The van der Waals surface area contributed by atoms with E-state index in [2.05, 4.69) is 0 Å². The third-order valence-corrected chi connectivity index (χ3v) is 4.65. The van der Waals surface area contributed by atoms with Gasteiger partial charge in [-0.15, -0.1) is 0 Å². The van der Waals surface area contributed by atoms with Crippen LogP contribution in [0.5, 0.6) is 0 Å². The van der Waals surface area contributed by atoms with E-state index < -0.39 is 11.8 Å². The largest absolute Gasteiger partial charge is 0.457 e. The first kappa shape index (κ1) is 19.6. The van der Waals surface area contributed by atoms with Crippen molar-refractivity contribution >= 4 is 29.3 Å². The standard InChI is InChI=1S/C21H18FNO4S/c1-23(12-15-10-11-28-14-15)20(24)13-26-21(25)9-7-16-6-8-19(27-16)17-4-2-3-5-18(17)22/h2-11,14H,12-13H2,1H3/b9-7+. The smallest absolute Gasteiger partial charge is 0.331 e. The highest BCUT2D eigenvalue weighted by atomic mass is 32.1. The van der Waals surface area contributed by atoms with Gasteiger partial charge >= 0.3 is 5.97 Å². The Balaban J connectivity index is 1.50. The number of nitrogens with zero attached hydrogens (tertiary/aromatic N) is 1. The van der Waals surface area contributed by atoms with Crippen molar-refractivity contribution < 1.29 is 23.1 Å². The van der Waals surface area contributed by atoms with Crippen LogP contribution < -0.4 is 0 Å². The molecule has 0 aliphatic heterocycles. The zero-order valence-corrected chi connectivity index (χ0v) is 15.9. The van der Waals surface area contributed by atoms with Gasteiger partial charge in [-0.25, -0.2) is 9.18 Å². The number of ether oxygens (including phenoxy) is 1. The summed E-state index contributed by atoms with van der Waals surface area (Å²) in [5, 5.41) is 3.89. The molecule has 5 nitrogen and oxygen atoms in total. The van der Waals surface area contributed by atoms with E-state index in [1.165, 1.54) is 17.0 Å². The van der Waals surface area contributed by atoms with Gasteiger partial charge in [0.05, 0.1) is 5.56 Å². The number of thiophene rings is 1. The second-order valence-electron chi connectivity index (χ2n) is 6.00. The van der Waals surface area contributed by atoms with Gasteiger partial charge in [0, 0.05) is 19.7 Å². The molecule has 1 aromatic carbocycles. The molecule has 0 atom stereocenters. The molecule has 0 saturated carbocycles. The minimum Gasteiger partial charge on any atom is -0.457 e. The van der Waals surface area contributed by atoms with E-state index in [4.69, 9.17) is 9.15 Å². The molecular formula is C21H18FNO4S. The topological polar surface area (TPSA) is 59.8 Å². The Morgan fingerprint density at radius 2 is 2.04 bits per heavy atom. The Morgan fingerprint density at radius 1 is 1.21 bits per heavy atom. The number of hydrogen-bond acceptors (Lipinski definition) is 5. The van der Waals surface area contributed by atoms with E-state index in [-0.39, 0.29) is 12.5 Å². The van der Waals surface area contributed by atoms with Crippen LogP contribution in [0.1, 0.15) is 11.3 Å². The van der Waals surface area contributed by atoms with Crippen molar-refractivity contribution in [2.75, 3.05) is 13.7 Å². The second-order valence-corrected chi connectivity index (χ2v) is 6.78. The molecule has 0 aliphatic rings. The van der Waals surface area contributed by atoms with Gasteiger partial charge in [-0.1, -0.05) is 12.1 Å². The first-order valence-corrected chi connectivity index (χ1v) is 9.42. The predicted octanol–water partition coefficient (Wildman–Crippen LogP) is 4.36. The van der Waals surface area contributed by atoms with Crippen molar-refractivity contribution in [3.05, 3.63) is 76.4 Å². The highest BCUT2D eigenvalue weighted by Crippen LogP contribution is 2.25. The average Bonchev–Trinajstić information content (AvgIpc) is 3.36. The van der Waals surface area contributed by atoms with Crippen LogP contribution in [0.4, 0.5) is 4.39 Å². The van der Waals surface area contributed by atoms with E-state index in [0.29, 0.717) is 23.6 Å². The lowest BCUT2D eigenvalue weighted by Gasteiger charge is -2.15. The number of amides is 1. The summed E-state index contributed by atoms with van der Waals surface area (Å²) in [7, 11) is 1.65. The molecule has 1 amide bonds. The SMILES string of the molecule is CN(Cc1ccsc1)C(=O)COC(=O)/C=C/c1ccc(-c2ccccc2F)o1. The summed E-state index contributed by atoms with van der Waals surface area (Å²) >= 11 is 1.55. The predicted molar refractivity (Wildman–Crippen MR) is 105 cm³/mol. The maximum atomic E-state index is 13.8. The van der Waals surface area contributed by atoms with Gasteiger partial charge < -0.3 is 14.1 Å². The third-order valence-electron chi connectivity index (χ3n) is 3.91. The number of carbonyl (C=O) groups excluding carboxylic acids is 2. The zero-order valence-electron chi connectivity index (χ0n) is 15.1. The molecule has 0 unspecified atom stereocenters. The molecule has 0 N–H and O–H groups in total. The molecule has 0 fully saturated rings. The van der Waals surface area contributed by atoms with E-state index in [9.17, 15) is 14.0 Å². The Morgan fingerprint density at radius 3 is 2.79 bits per heavy atom. The minimum atomic E-state index is -0.666. The van der Waals surface area contributed by atoms with Crippen molar-refractivity contribution in [2.24, 2.45) is 0 Å². The van der Waals surface area contributed by atoms with Gasteiger partial charge in [0.25, 0.3) is 5.91 Å². The van der Waals surface area contributed by atoms with E-state index >= 15 is 0 Å². The van der Waals surface area contributed by atoms with Gasteiger partial charge in [-0.2, -0.15) is 11.3 Å². The Hall–Kier alpha value is -3.19. The summed E-state index contributed by atoms with van der Waals surface area (Å²) in [5.41, 5.74) is 1.36. The summed E-state index contributed by atoms with van der Waals surface area (Å²) < 4.78 is 24.2. The first-order valence-electron chi connectivity index (χ1n) is 8.47. The van der Waals surface area contributed by atoms with Crippen LogP contribution in [0.3, 0.4) is 0 Å². The molecular weight excluding hydrogens is 381 g/mol. The maximum absolute atomic E-state index is 13.8. The number of benzene rings is 1. The van der Waals surface area contributed by atoms with Crippen molar-refractivity contribution in [1.82, 2.24) is 4.90 Å². The average molecular weight is 399 g/mol. The van der Waals surface area contributed by atoms with Crippen LogP contribution >= 0.6 is 11.3 Å². The number of esters is 1. The summed E-state index contributed by atoms with van der Waals surface area (Å²) in [6.45, 7) is 0.114. The van der Waals surface area contributed by atoms with Crippen LogP contribution in [0.25, 0.3) is 17.4 Å². The van der Waals surface area contributed by atoms with E-state index in [1.807, 2.05) is 16.8 Å². The molecule has 0 saturated heterocycles. The fourth-order valence-corrected chi connectivity index (χ4v) is 3.09. The molecule has 0 bridgehead atoms. The monoisotopic (exact) mass is 399 g/mol. The molecule has 144 valence electrons. The summed E-state index contributed by atoms with van der Waals surface area (Å²) in [4.78, 5) is 25.3. The van der Waals surface area contributed by atoms with Gasteiger partial charge in [0.1, 0.15) is 17.3 Å². The quantitative estimate of drug-likeness (QED) is 0.437. The molecule has 7 heteroatoms. The van der Waals surface area contributed by atoms with Crippen molar-refractivity contribution in [2.45, 2.75) is 6.54 Å². The summed E-state index contributed by atoms with van der Waals surface area (Å²) in [6, 6.07) is 11.4. The fraction of sp³-hybridized carbons (Fsp3) is 0.143. The van der Waals surface area contributed by atoms with Crippen LogP contribution in [0, 0.1) is 5.82 Å². The molecule has 0 aliphatic carbocycles. The number of furan rings is 1. The second kappa shape index (κ2) is 9.14. The van der Waals surface area contributed by atoms with E-state index in [1.54, 1.807) is 48.7 Å².